The lowest BCUT2D eigenvalue weighted by atomic mass is 10.1. The molecule has 0 amide bonds. The fraction of sp³-hybridized carbons (Fsp3) is 0.238. The van der Waals surface area contributed by atoms with Crippen LogP contribution in [0.4, 0.5) is 0 Å². The number of rotatable bonds is 6. The van der Waals surface area contributed by atoms with Crippen LogP contribution in [0.2, 0.25) is 0 Å². The van der Waals surface area contributed by atoms with Gasteiger partial charge in [-0.25, -0.2) is 9.97 Å². The zero-order valence-corrected chi connectivity index (χ0v) is 14.3. The Morgan fingerprint density at radius 1 is 0.792 bits per heavy atom. The summed E-state index contributed by atoms with van der Waals surface area (Å²) < 4.78 is 0. The molecule has 0 unspecified atom stereocenters. The van der Waals surface area contributed by atoms with Crippen molar-refractivity contribution in [1.29, 1.82) is 0 Å². The van der Waals surface area contributed by atoms with Crippen LogP contribution >= 0.6 is 0 Å². The van der Waals surface area contributed by atoms with E-state index in [1.165, 1.54) is 0 Å². The predicted molar refractivity (Wildman–Crippen MR) is 99.8 cm³/mol. The zero-order chi connectivity index (χ0) is 16.8. The summed E-state index contributed by atoms with van der Waals surface area (Å²) in [6.07, 6.45) is 2.05. The number of hydrogen-bond donors (Lipinski definition) is 0. The highest BCUT2D eigenvalue weighted by molar-refractivity contribution is 5.64. The molecule has 0 radical (unpaired) electrons. The van der Waals surface area contributed by atoms with Gasteiger partial charge in [0.05, 0.1) is 5.69 Å². The van der Waals surface area contributed by atoms with Crippen molar-refractivity contribution in [2.75, 3.05) is 20.6 Å². The van der Waals surface area contributed by atoms with Gasteiger partial charge in [-0.1, -0.05) is 60.7 Å². The molecule has 3 rings (SSSR count). The van der Waals surface area contributed by atoms with Gasteiger partial charge in [0.1, 0.15) is 0 Å². The molecule has 0 atom stereocenters. The van der Waals surface area contributed by atoms with Crippen LogP contribution in [-0.4, -0.2) is 35.5 Å². The average molecular weight is 317 g/mol. The minimum Gasteiger partial charge on any atom is -0.309 e. The molecule has 122 valence electrons. The van der Waals surface area contributed by atoms with Crippen LogP contribution in [0.5, 0.6) is 0 Å². The number of hydrogen-bond acceptors (Lipinski definition) is 3. The summed E-state index contributed by atoms with van der Waals surface area (Å²) in [7, 11) is 4.20. The van der Waals surface area contributed by atoms with Crippen molar-refractivity contribution in [2.45, 2.75) is 12.8 Å². The summed E-state index contributed by atoms with van der Waals surface area (Å²) in [4.78, 5) is 11.8. The van der Waals surface area contributed by atoms with Crippen LogP contribution in [0.3, 0.4) is 0 Å². The van der Waals surface area contributed by atoms with Crippen LogP contribution in [0.1, 0.15) is 12.1 Å². The van der Waals surface area contributed by atoms with E-state index in [1.807, 2.05) is 36.4 Å². The molecule has 0 saturated heterocycles. The van der Waals surface area contributed by atoms with Crippen molar-refractivity contribution >= 4 is 0 Å². The lowest BCUT2D eigenvalue weighted by Crippen LogP contribution is -2.13. The number of aryl methyl sites for hydroxylation is 1. The Hall–Kier alpha value is -2.52. The summed E-state index contributed by atoms with van der Waals surface area (Å²) in [6.45, 7) is 1.06. The van der Waals surface area contributed by atoms with Crippen LogP contribution in [0.15, 0.2) is 66.7 Å². The quantitative estimate of drug-likeness (QED) is 0.678. The monoisotopic (exact) mass is 317 g/mol. The van der Waals surface area contributed by atoms with Gasteiger partial charge in [0.15, 0.2) is 5.82 Å². The SMILES string of the molecule is CN(C)CCCc1cc(-c2ccccc2)nc(-c2ccccc2)n1. The van der Waals surface area contributed by atoms with Gasteiger partial charge in [-0.2, -0.15) is 0 Å². The average Bonchev–Trinajstić information content (AvgIpc) is 2.63. The van der Waals surface area contributed by atoms with E-state index in [4.69, 9.17) is 9.97 Å². The van der Waals surface area contributed by atoms with Gasteiger partial charge in [-0.3, -0.25) is 0 Å². The van der Waals surface area contributed by atoms with E-state index in [1.54, 1.807) is 0 Å². The maximum absolute atomic E-state index is 4.80. The first-order valence-corrected chi connectivity index (χ1v) is 8.36. The highest BCUT2D eigenvalue weighted by Gasteiger charge is 2.08. The Bertz CT molecular complexity index is 710. The van der Waals surface area contributed by atoms with E-state index in [9.17, 15) is 0 Å². The number of nitrogens with zero attached hydrogens (tertiary/aromatic N) is 3. The molecule has 0 spiro atoms. The van der Waals surface area contributed by atoms with Crippen molar-refractivity contribution in [2.24, 2.45) is 0 Å². The molecule has 3 nitrogen and oxygen atoms in total. The fourth-order valence-electron chi connectivity index (χ4n) is 2.68. The molecule has 0 aliphatic heterocycles. The summed E-state index contributed by atoms with van der Waals surface area (Å²) in [6, 6.07) is 22.6. The van der Waals surface area contributed by atoms with E-state index >= 15 is 0 Å². The largest absolute Gasteiger partial charge is 0.309 e. The first kappa shape index (κ1) is 16.3. The summed E-state index contributed by atoms with van der Waals surface area (Å²) >= 11 is 0. The molecule has 1 heterocycles. The summed E-state index contributed by atoms with van der Waals surface area (Å²) in [5.41, 5.74) is 4.28. The summed E-state index contributed by atoms with van der Waals surface area (Å²) in [5.74, 6) is 0.803. The molecule has 3 aromatic rings. The third-order valence-electron chi connectivity index (χ3n) is 3.92. The normalized spacial score (nSPS) is 11.0. The molecule has 24 heavy (non-hydrogen) atoms. The van der Waals surface area contributed by atoms with Crippen molar-refractivity contribution < 1.29 is 0 Å². The maximum atomic E-state index is 4.80. The highest BCUT2D eigenvalue weighted by Crippen LogP contribution is 2.22. The summed E-state index contributed by atoms with van der Waals surface area (Å²) in [5, 5.41) is 0. The molecule has 0 N–H and O–H groups in total. The molecule has 0 aliphatic rings. The second-order valence-corrected chi connectivity index (χ2v) is 6.21. The molecule has 0 aliphatic carbocycles. The highest BCUT2D eigenvalue weighted by atomic mass is 15.0. The van der Waals surface area contributed by atoms with Crippen molar-refractivity contribution in [3.63, 3.8) is 0 Å². The van der Waals surface area contributed by atoms with E-state index in [2.05, 4.69) is 49.3 Å². The Labute approximate surface area is 144 Å². The fourth-order valence-corrected chi connectivity index (χ4v) is 2.68. The van der Waals surface area contributed by atoms with E-state index in [0.29, 0.717) is 0 Å². The minimum absolute atomic E-state index is 0.803. The first-order chi connectivity index (χ1) is 11.7. The van der Waals surface area contributed by atoms with Crippen molar-refractivity contribution in [3.8, 4) is 22.6 Å². The third-order valence-corrected chi connectivity index (χ3v) is 3.92. The smallest absolute Gasteiger partial charge is 0.160 e. The van der Waals surface area contributed by atoms with Gasteiger partial charge in [0.25, 0.3) is 0 Å². The van der Waals surface area contributed by atoms with Crippen LogP contribution in [0.25, 0.3) is 22.6 Å². The Kier molecular flexibility index (Phi) is 5.34. The third kappa shape index (κ3) is 4.27. The number of benzene rings is 2. The van der Waals surface area contributed by atoms with E-state index < -0.39 is 0 Å². The molecule has 0 fully saturated rings. The van der Waals surface area contributed by atoms with Gasteiger partial charge in [-0.15, -0.1) is 0 Å². The topological polar surface area (TPSA) is 29.0 Å². The zero-order valence-electron chi connectivity index (χ0n) is 14.3. The molecule has 0 bridgehead atoms. The molecule has 2 aromatic carbocycles. The van der Waals surface area contributed by atoms with Gasteiger partial charge < -0.3 is 4.90 Å². The second kappa shape index (κ2) is 7.84. The predicted octanol–water partition coefficient (Wildman–Crippen LogP) is 4.30. The van der Waals surface area contributed by atoms with Crippen LogP contribution in [-0.2, 0) is 6.42 Å². The second-order valence-electron chi connectivity index (χ2n) is 6.21. The Morgan fingerprint density at radius 2 is 1.42 bits per heavy atom. The van der Waals surface area contributed by atoms with Crippen molar-refractivity contribution in [1.82, 2.24) is 14.9 Å². The Morgan fingerprint density at radius 3 is 2.04 bits per heavy atom. The standard InChI is InChI=1S/C21H23N3/c1-24(2)15-9-14-19-16-20(17-10-5-3-6-11-17)23-21(22-19)18-12-7-4-8-13-18/h3-8,10-13,16H,9,14-15H2,1-2H3. The first-order valence-electron chi connectivity index (χ1n) is 8.36. The van der Waals surface area contributed by atoms with E-state index in [0.717, 1.165) is 47.7 Å². The molecule has 0 saturated carbocycles. The van der Waals surface area contributed by atoms with Gasteiger partial charge in [0.2, 0.25) is 0 Å². The molecular weight excluding hydrogens is 294 g/mol. The van der Waals surface area contributed by atoms with Crippen LogP contribution < -0.4 is 0 Å². The van der Waals surface area contributed by atoms with Crippen molar-refractivity contribution in [3.05, 3.63) is 72.4 Å². The lowest BCUT2D eigenvalue weighted by molar-refractivity contribution is 0.399. The molecule has 3 heteroatoms. The molecular formula is C21H23N3. The minimum atomic E-state index is 0.803. The van der Waals surface area contributed by atoms with Gasteiger partial charge in [-0.05, 0) is 39.5 Å². The number of aromatic nitrogens is 2. The Balaban J connectivity index is 1.96. The van der Waals surface area contributed by atoms with Gasteiger partial charge in [0, 0.05) is 16.8 Å². The maximum Gasteiger partial charge on any atom is 0.160 e. The molecule has 1 aromatic heterocycles. The van der Waals surface area contributed by atoms with E-state index in [-0.39, 0.29) is 0 Å². The lowest BCUT2D eigenvalue weighted by Gasteiger charge is -2.11. The van der Waals surface area contributed by atoms with Crippen LogP contribution in [0, 0.1) is 0 Å². The van der Waals surface area contributed by atoms with Gasteiger partial charge >= 0.3 is 0 Å².